The molecule has 1 aromatic heterocycles. The van der Waals surface area contributed by atoms with Gasteiger partial charge in [-0.1, -0.05) is 18.2 Å². The van der Waals surface area contributed by atoms with Crippen molar-refractivity contribution < 1.29 is 4.74 Å². The number of rotatable bonds is 3. The van der Waals surface area contributed by atoms with Crippen molar-refractivity contribution in [1.29, 1.82) is 0 Å². The maximum Gasteiger partial charge on any atom is 0.119 e. The molecule has 0 aliphatic carbocycles. The molecule has 0 atom stereocenters. The Morgan fingerprint density at radius 1 is 1.05 bits per heavy atom. The standard InChI is InChI=1S/C17H15N2O/c1-12-10-13(16-4-2-3-5-17(16)19-12)11-20-15-8-6-14(18)7-9-15/h2-10,18H,11H2,1H3. The number of ether oxygens (including phenoxy) is 1. The van der Waals surface area contributed by atoms with Gasteiger partial charge in [0.1, 0.15) is 12.4 Å². The molecule has 1 radical (unpaired) electrons. The number of benzene rings is 2. The molecule has 0 saturated heterocycles. The summed E-state index contributed by atoms with van der Waals surface area (Å²) in [7, 11) is 0. The van der Waals surface area contributed by atoms with Gasteiger partial charge in [-0.05, 0) is 43.3 Å². The van der Waals surface area contributed by atoms with Crippen LogP contribution in [0.15, 0.2) is 54.6 Å². The molecule has 3 nitrogen and oxygen atoms in total. The van der Waals surface area contributed by atoms with Crippen molar-refractivity contribution >= 4 is 16.6 Å². The van der Waals surface area contributed by atoms with E-state index in [9.17, 15) is 0 Å². The first-order valence-corrected chi connectivity index (χ1v) is 6.52. The monoisotopic (exact) mass is 263 g/mol. The average molecular weight is 263 g/mol. The number of hydrogen-bond acceptors (Lipinski definition) is 2. The van der Waals surface area contributed by atoms with Crippen LogP contribution in [-0.4, -0.2) is 4.98 Å². The first-order chi connectivity index (χ1) is 9.72. The third kappa shape index (κ3) is 2.57. The molecular weight excluding hydrogens is 248 g/mol. The molecule has 0 unspecified atom stereocenters. The van der Waals surface area contributed by atoms with Crippen LogP contribution in [-0.2, 0) is 6.61 Å². The number of aryl methyl sites for hydroxylation is 1. The zero-order valence-corrected chi connectivity index (χ0v) is 11.3. The third-order valence-electron chi connectivity index (χ3n) is 3.18. The summed E-state index contributed by atoms with van der Waals surface area (Å²) in [5.41, 5.74) is 11.1. The molecule has 20 heavy (non-hydrogen) atoms. The van der Waals surface area contributed by atoms with E-state index in [1.165, 1.54) is 0 Å². The molecule has 0 fully saturated rings. The number of nitrogens with one attached hydrogen (secondary N) is 1. The highest BCUT2D eigenvalue weighted by Gasteiger charge is 2.04. The number of pyridine rings is 1. The Hall–Kier alpha value is -2.55. The lowest BCUT2D eigenvalue weighted by Gasteiger charge is -2.10. The highest BCUT2D eigenvalue weighted by atomic mass is 16.5. The molecule has 99 valence electrons. The molecule has 0 aliphatic heterocycles. The Kier molecular flexibility index (Phi) is 3.25. The van der Waals surface area contributed by atoms with E-state index in [-0.39, 0.29) is 0 Å². The molecule has 2 aromatic carbocycles. The van der Waals surface area contributed by atoms with Gasteiger partial charge in [-0.25, -0.2) is 0 Å². The largest absolute Gasteiger partial charge is 0.489 e. The molecule has 0 aliphatic rings. The second-order valence-electron chi connectivity index (χ2n) is 4.75. The summed E-state index contributed by atoms with van der Waals surface area (Å²) in [6.07, 6.45) is 0. The van der Waals surface area contributed by atoms with Gasteiger partial charge in [0, 0.05) is 16.6 Å². The minimum atomic E-state index is 0.488. The Morgan fingerprint density at radius 2 is 1.80 bits per heavy atom. The van der Waals surface area contributed by atoms with Crippen LogP contribution in [0.3, 0.4) is 0 Å². The molecule has 3 rings (SSSR count). The van der Waals surface area contributed by atoms with Crippen LogP contribution in [0.5, 0.6) is 5.75 Å². The second-order valence-corrected chi connectivity index (χ2v) is 4.75. The quantitative estimate of drug-likeness (QED) is 0.716. The zero-order valence-electron chi connectivity index (χ0n) is 11.3. The highest BCUT2D eigenvalue weighted by Crippen LogP contribution is 2.21. The Balaban J connectivity index is 1.88. The van der Waals surface area contributed by atoms with E-state index in [1.54, 1.807) is 12.1 Å². The van der Waals surface area contributed by atoms with Gasteiger partial charge in [0.15, 0.2) is 0 Å². The Morgan fingerprint density at radius 3 is 2.60 bits per heavy atom. The van der Waals surface area contributed by atoms with Crippen LogP contribution in [0.4, 0.5) is 5.69 Å². The van der Waals surface area contributed by atoms with E-state index >= 15 is 0 Å². The van der Waals surface area contributed by atoms with Gasteiger partial charge in [0.25, 0.3) is 0 Å². The third-order valence-corrected chi connectivity index (χ3v) is 3.18. The van der Waals surface area contributed by atoms with E-state index in [0.29, 0.717) is 12.3 Å². The molecule has 3 aromatic rings. The van der Waals surface area contributed by atoms with Crippen LogP contribution in [0, 0.1) is 6.92 Å². The normalized spacial score (nSPS) is 10.7. The van der Waals surface area contributed by atoms with Crippen LogP contribution >= 0.6 is 0 Å². The van der Waals surface area contributed by atoms with Gasteiger partial charge in [-0.15, -0.1) is 0 Å². The lowest BCUT2D eigenvalue weighted by atomic mass is 10.1. The fourth-order valence-corrected chi connectivity index (χ4v) is 2.23. The summed E-state index contributed by atoms with van der Waals surface area (Å²) in [6, 6.07) is 17.2. The fourth-order valence-electron chi connectivity index (χ4n) is 2.23. The predicted molar refractivity (Wildman–Crippen MR) is 80.0 cm³/mol. The van der Waals surface area contributed by atoms with Crippen molar-refractivity contribution in [1.82, 2.24) is 10.7 Å². The summed E-state index contributed by atoms with van der Waals surface area (Å²) in [5, 5.41) is 1.12. The summed E-state index contributed by atoms with van der Waals surface area (Å²) in [6.45, 7) is 2.49. The molecular formula is C17H15N2O. The molecule has 0 saturated carbocycles. The highest BCUT2D eigenvalue weighted by molar-refractivity contribution is 5.82. The lowest BCUT2D eigenvalue weighted by molar-refractivity contribution is 0.307. The molecule has 0 bridgehead atoms. The molecule has 1 N–H and O–H groups in total. The minimum Gasteiger partial charge on any atom is -0.489 e. The van der Waals surface area contributed by atoms with Crippen molar-refractivity contribution in [3.05, 3.63) is 65.9 Å². The maximum absolute atomic E-state index is 7.46. The van der Waals surface area contributed by atoms with E-state index in [1.807, 2.05) is 37.3 Å². The maximum atomic E-state index is 7.46. The summed E-state index contributed by atoms with van der Waals surface area (Å²) in [5.74, 6) is 0.777. The Bertz CT molecular complexity index is 736. The van der Waals surface area contributed by atoms with Crippen molar-refractivity contribution in [3.8, 4) is 5.75 Å². The van der Waals surface area contributed by atoms with E-state index in [4.69, 9.17) is 10.5 Å². The SMILES string of the molecule is Cc1cc(COc2ccc([NH])cc2)c2ccccc2n1. The number of aromatic nitrogens is 1. The van der Waals surface area contributed by atoms with Crippen LogP contribution in [0.2, 0.25) is 0 Å². The van der Waals surface area contributed by atoms with Gasteiger partial charge < -0.3 is 10.5 Å². The van der Waals surface area contributed by atoms with Crippen LogP contribution in [0.1, 0.15) is 11.3 Å². The van der Waals surface area contributed by atoms with E-state index in [0.717, 1.165) is 27.9 Å². The van der Waals surface area contributed by atoms with Crippen molar-refractivity contribution in [2.24, 2.45) is 0 Å². The molecule has 0 amide bonds. The predicted octanol–water partition coefficient (Wildman–Crippen LogP) is 4.04. The van der Waals surface area contributed by atoms with E-state index in [2.05, 4.69) is 17.1 Å². The summed E-state index contributed by atoms with van der Waals surface area (Å²) >= 11 is 0. The van der Waals surface area contributed by atoms with Crippen LogP contribution < -0.4 is 10.5 Å². The first kappa shape index (κ1) is 12.5. The van der Waals surface area contributed by atoms with Gasteiger partial charge in [0.2, 0.25) is 0 Å². The molecule has 0 spiro atoms. The van der Waals surface area contributed by atoms with Crippen molar-refractivity contribution in [3.63, 3.8) is 0 Å². The minimum absolute atomic E-state index is 0.488. The first-order valence-electron chi connectivity index (χ1n) is 6.52. The van der Waals surface area contributed by atoms with Gasteiger partial charge in [-0.3, -0.25) is 4.98 Å². The summed E-state index contributed by atoms with van der Waals surface area (Å²) < 4.78 is 5.80. The second kappa shape index (κ2) is 5.21. The van der Waals surface area contributed by atoms with E-state index < -0.39 is 0 Å². The number of hydrogen-bond donors (Lipinski definition) is 0. The average Bonchev–Trinajstić information content (AvgIpc) is 2.46. The summed E-state index contributed by atoms with van der Waals surface area (Å²) in [4.78, 5) is 4.52. The van der Waals surface area contributed by atoms with Gasteiger partial charge in [-0.2, -0.15) is 0 Å². The smallest absolute Gasteiger partial charge is 0.119 e. The number of para-hydroxylation sites is 1. The van der Waals surface area contributed by atoms with Gasteiger partial charge in [0.05, 0.1) is 11.2 Å². The van der Waals surface area contributed by atoms with Crippen molar-refractivity contribution in [2.45, 2.75) is 13.5 Å². The van der Waals surface area contributed by atoms with Gasteiger partial charge >= 0.3 is 0 Å². The van der Waals surface area contributed by atoms with Crippen molar-refractivity contribution in [2.75, 3.05) is 0 Å². The number of nitrogens with zero attached hydrogens (tertiary/aromatic N) is 1. The molecule has 1 heterocycles. The number of fused-ring (bicyclic) bond motifs is 1. The Labute approximate surface area is 118 Å². The zero-order chi connectivity index (χ0) is 13.9. The van der Waals surface area contributed by atoms with Crippen LogP contribution in [0.25, 0.3) is 10.9 Å². The lowest BCUT2D eigenvalue weighted by Crippen LogP contribution is -1.98. The fraction of sp³-hybridized carbons (Fsp3) is 0.118. The molecule has 3 heteroatoms. The topological polar surface area (TPSA) is 45.9 Å².